The third-order valence-electron chi connectivity index (χ3n) is 3.40. The molecule has 0 unspecified atom stereocenters. The van der Waals surface area contributed by atoms with Crippen molar-refractivity contribution in [3.05, 3.63) is 53.9 Å². The molecule has 0 aliphatic rings. The molecule has 0 fully saturated rings. The Labute approximate surface area is 126 Å². The van der Waals surface area contributed by atoms with Crippen molar-refractivity contribution in [3.8, 4) is 5.75 Å². The highest BCUT2D eigenvalue weighted by molar-refractivity contribution is 5.48. The molecular formula is C17H23N3O. The minimum absolute atomic E-state index is 0.509. The lowest BCUT2D eigenvalue weighted by molar-refractivity contribution is 0.290. The molecule has 1 aromatic carbocycles. The normalized spacial score (nSPS) is 10.6. The van der Waals surface area contributed by atoms with Gasteiger partial charge in [0, 0.05) is 12.2 Å². The van der Waals surface area contributed by atoms with Gasteiger partial charge in [0.2, 0.25) is 0 Å². The average molecular weight is 285 g/mol. The number of nitrogens with two attached hydrogens (primary N) is 1. The standard InChI is InChI=1S/C17H23N3O/c1-4-7-13-10-14(18)8-9-17(13)21-12-16-11-15(5-2)19-20(16)6-3/h4,8-11H,1,5-7,12,18H2,2-3H3. The van der Waals surface area contributed by atoms with E-state index in [9.17, 15) is 0 Å². The summed E-state index contributed by atoms with van der Waals surface area (Å²) in [5.41, 5.74) is 9.82. The maximum Gasteiger partial charge on any atom is 0.130 e. The van der Waals surface area contributed by atoms with Crippen LogP contribution in [0.1, 0.15) is 30.8 Å². The SMILES string of the molecule is C=CCc1cc(N)ccc1OCc1cc(CC)nn1CC. The first-order valence-electron chi connectivity index (χ1n) is 7.35. The smallest absolute Gasteiger partial charge is 0.130 e. The van der Waals surface area contributed by atoms with Crippen molar-refractivity contribution in [2.24, 2.45) is 0 Å². The zero-order chi connectivity index (χ0) is 15.2. The highest BCUT2D eigenvalue weighted by Gasteiger charge is 2.08. The Morgan fingerprint density at radius 1 is 1.33 bits per heavy atom. The Morgan fingerprint density at radius 3 is 2.81 bits per heavy atom. The molecule has 0 aliphatic heterocycles. The van der Waals surface area contributed by atoms with Gasteiger partial charge >= 0.3 is 0 Å². The van der Waals surface area contributed by atoms with E-state index in [0.29, 0.717) is 6.61 Å². The molecule has 2 aromatic rings. The first kappa shape index (κ1) is 15.2. The Morgan fingerprint density at radius 2 is 2.14 bits per heavy atom. The minimum atomic E-state index is 0.509. The first-order chi connectivity index (χ1) is 10.2. The monoisotopic (exact) mass is 285 g/mol. The fourth-order valence-corrected chi connectivity index (χ4v) is 2.28. The minimum Gasteiger partial charge on any atom is -0.487 e. The molecule has 0 radical (unpaired) electrons. The predicted octanol–water partition coefficient (Wildman–Crippen LogP) is 3.36. The van der Waals surface area contributed by atoms with Crippen LogP contribution in [0.5, 0.6) is 5.75 Å². The van der Waals surface area contributed by atoms with Crippen LogP contribution in [0.2, 0.25) is 0 Å². The molecule has 2 N–H and O–H groups in total. The topological polar surface area (TPSA) is 53.1 Å². The molecule has 21 heavy (non-hydrogen) atoms. The second kappa shape index (κ2) is 6.97. The van der Waals surface area contributed by atoms with Crippen LogP contribution in [0.3, 0.4) is 0 Å². The maximum atomic E-state index is 5.97. The zero-order valence-corrected chi connectivity index (χ0v) is 12.8. The highest BCUT2D eigenvalue weighted by Crippen LogP contribution is 2.23. The van der Waals surface area contributed by atoms with Crippen LogP contribution in [0.15, 0.2) is 36.9 Å². The van der Waals surface area contributed by atoms with Crippen molar-refractivity contribution in [1.82, 2.24) is 9.78 Å². The van der Waals surface area contributed by atoms with Crippen molar-refractivity contribution in [1.29, 1.82) is 0 Å². The number of allylic oxidation sites excluding steroid dienone is 1. The highest BCUT2D eigenvalue weighted by atomic mass is 16.5. The summed E-state index contributed by atoms with van der Waals surface area (Å²) in [6.45, 7) is 9.32. The molecule has 0 spiro atoms. The van der Waals surface area contributed by atoms with Crippen LogP contribution >= 0.6 is 0 Å². The van der Waals surface area contributed by atoms with Crippen LogP contribution in [0.4, 0.5) is 5.69 Å². The van der Waals surface area contributed by atoms with Gasteiger partial charge < -0.3 is 10.5 Å². The summed E-state index contributed by atoms with van der Waals surface area (Å²) >= 11 is 0. The Kier molecular flexibility index (Phi) is 5.04. The third kappa shape index (κ3) is 3.66. The van der Waals surface area contributed by atoms with Gasteiger partial charge in [0.05, 0.1) is 11.4 Å². The van der Waals surface area contributed by atoms with Crippen LogP contribution in [0, 0.1) is 0 Å². The predicted molar refractivity (Wildman–Crippen MR) is 86.4 cm³/mol. The summed E-state index contributed by atoms with van der Waals surface area (Å²) < 4.78 is 7.96. The lowest BCUT2D eigenvalue weighted by Crippen LogP contribution is -2.07. The molecule has 0 aliphatic carbocycles. The number of nitrogen functional groups attached to an aromatic ring is 1. The maximum absolute atomic E-state index is 5.97. The van der Waals surface area contributed by atoms with Gasteiger partial charge in [-0.15, -0.1) is 6.58 Å². The Bertz CT molecular complexity index is 616. The summed E-state index contributed by atoms with van der Waals surface area (Å²) in [7, 11) is 0. The second-order valence-corrected chi connectivity index (χ2v) is 4.94. The van der Waals surface area contributed by atoms with E-state index in [1.165, 1.54) is 0 Å². The summed E-state index contributed by atoms with van der Waals surface area (Å²) in [6.07, 6.45) is 3.53. The largest absolute Gasteiger partial charge is 0.487 e. The molecule has 1 aromatic heterocycles. The van der Waals surface area contributed by atoms with Crippen molar-refractivity contribution in [2.75, 3.05) is 5.73 Å². The molecule has 0 atom stereocenters. The van der Waals surface area contributed by atoms with Gasteiger partial charge in [-0.05, 0) is 49.6 Å². The number of ether oxygens (including phenoxy) is 1. The van der Waals surface area contributed by atoms with Gasteiger partial charge in [-0.1, -0.05) is 13.0 Å². The van der Waals surface area contributed by atoms with Gasteiger partial charge in [0.15, 0.2) is 0 Å². The zero-order valence-electron chi connectivity index (χ0n) is 12.8. The van der Waals surface area contributed by atoms with E-state index in [1.807, 2.05) is 29.0 Å². The van der Waals surface area contributed by atoms with Gasteiger partial charge in [-0.25, -0.2) is 0 Å². The molecule has 1 heterocycles. The molecule has 0 amide bonds. The lowest BCUT2D eigenvalue weighted by Gasteiger charge is -2.12. The number of anilines is 1. The molecular weight excluding hydrogens is 262 g/mol. The lowest BCUT2D eigenvalue weighted by atomic mass is 10.1. The van der Waals surface area contributed by atoms with E-state index >= 15 is 0 Å². The Hall–Kier alpha value is -2.23. The number of benzene rings is 1. The second-order valence-electron chi connectivity index (χ2n) is 4.94. The van der Waals surface area contributed by atoms with Crippen molar-refractivity contribution < 1.29 is 4.74 Å². The average Bonchev–Trinajstić information content (AvgIpc) is 2.89. The fraction of sp³-hybridized carbons (Fsp3) is 0.353. The van der Waals surface area contributed by atoms with E-state index in [4.69, 9.17) is 10.5 Å². The number of hydrogen-bond acceptors (Lipinski definition) is 3. The Balaban J connectivity index is 2.16. The van der Waals surface area contributed by atoms with E-state index in [-0.39, 0.29) is 0 Å². The van der Waals surface area contributed by atoms with Crippen molar-refractivity contribution in [2.45, 2.75) is 39.8 Å². The molecule has 0 saturated heterocycles. The number of nitrogens with zero attached hydrogens (tertiary/aromatic N) is 2. The molecule has 2 rings (SSSR count). The molecule has 0 bridgehead atoms. The number of aromatic nitrogens is 2. The summed E-state index contributed by atoms with van der Waals surface area (Å²) in [5.74, 6) is 0.853. The number of aryl methyl sites for hydroxylation is 2. The van der Waals surface area contributed by atoms with Crippen LogP contribution in [-0.4, -0.2) is 9.78 Å². The molecule has 112 valence electrons. The molecule has 0 saturated carbocycles. The van der Waals surface area contributed by atoms with E-state index in [1.54, 1.807) is 0 Å². The van der Waals surface area contributed by atoms with Crippen LogP contribution in [-0.2, 0) is 26.0 Å². The fourth-order valence-electron chi connectivity index (χ4n) is 2.28. The first-order valence-corrected chi connectivity index (χ1v) is 7.35. The van der Waals surface area contributed by atoms with E-state index in [2.05, 4.69) is 31.6 Å². The van der Waals surface area contributed by atoms with Gasteiger partial charge in [-0.3, -0.25) is 4.68 Å². The third-order valence-corrected chi connectivity index (χ3v) is 3.40. The summed E-state index contributed by atoms with van der Waals surface area (Å²) in [6, 6.07) is 7.82. The number of rotatable bonds is 7. The van der Waals surface area contributed by atoms with Gasteiger partial charge in [0.25, 0.3) is 0 Å². The van der Waals surface area contributed by atoms with E-state index in [0.717, 1.165) is 47.8 Å². The number of hydrogen-bond donors (Lipinski definition) is 1. The summed E-state index contributed by atoms with van der Waals surface area (Å²) in [5, 5.41) is 4.53. The van der Waals surface area contributed by atoms with Crippen molar-refractivity contribution >= 4 is 5.69 Å². The molecule has 4 heteroatoms. The van der Waals surface area contributed by atoms with Crippen molar-refractivity contribution in [3.63, 3.8) is 0 Å². The van der Waals surface area contributed by atoms with Gasteiger partial charge in [-0.2, -0.15) is 5.10 Å². The van der Waals surface area contributed by atoms with Crippen LogP contribution in [0.25, 0.3) is 0 Å². The van der Waals surface area contributed by atoms with Crippen LogP contribution < -0.4 is 10.5 Å². The molecule has 4 nitrogen and oxygen atoms in total. The summed E-state index contributed by atoms with van der Waals surface area (Å²) in [4.78, 5) is 0. The van der Waals surface area contributed by atoms with E-state index < -0.39 is 0 Å². The van der Waals surface area contributed by atoms with Gasteiger partial charge in [0.1, 0.15) is 12.4 Å². The quantitative estimate of drug-likeness (QED) is 0.627.